The first-order chi connectivity index (χ1) is 6.36. The topological polar surface area (TPSA) is 86.0 Å². The van der Waals surface area contributed by atoms with Gasteiger partial charge >= 0.3 is 0 Å². The number of rotatable bonds is 2. The molecule has 0 bridgehead atoms. The normalized spacial score (nSPS) is 10.6. The van der Waals surface area contributed by atoms with E-state index in [4.69, 9.17) is 9.84 Å². The molecule has 68 valence electrons. The zero-order chi connectivity index (χ0) is 9.26. The Hall–Kier alpha value is -1.76. The average Bonchev–Trinajstić information content (AvgIpc) is 2.56. The Morgan fingerprint density at radius 1 is 1.62 bits per heavy atom. The van der Waals surface area contributed by atoms with E-state index in [1.54, 1.807) is 0 Å². The fourth-order valence-electron chi connectivity index (χ4n) is 1.03. The van der Waals surface area contributed by atoms with Crippen LogP contribution in [0.25, 0.3) is 11.2 Å². The lowest BCUT2D eigenvalue weighted by Crippen LogP contribution is -2.00. The summed E-state index contributed by atoms with van der Waals surface area (Å²) in [4.78, 5) is 3.93. The van der Waals surface area contributed by atoms with Gasteiger partial charge in [-0.1, -0.05) is 0 Å². The van der Waals surface area contributed by atoms with Crippen LogP contribution in [0.1, 0.15) is 0 Å². The van der Waals surface area contributed by atoms with Gasteiger partial charge in [-0.15, -0.1) is 15.3 Å². The molecule has 0 aliphatic heterocycles. The van der Waals surface area contributed by atoms with Gasteiger partial charge in [0.2, 0.25) is 5.65 Å². The van der Waals surface area contributed by atoms with Crippen LogP contribution >= 0.6 is 0 Å². The predicted molar refractivity (Wildman–Crippen MR) is 41.9 cm³/mol. The van der Waals surface area contributed by atoms with Gasteiger partial charge < -0.3 is 9.84 Å². The number of hydrogen-bond acceptors (Lipinski definition) is 6. The van der Waals surface area contributed by atoms with Gasteiger partial charge in [0.25, 0.3) is 5.88 Å². The number of aromatic nitrogens is 5. The zero-order valence-corrected chi connectivity index (χ0v) is 6.88. The molecule has 0 fully saturated rings. The zero-order valence-electron chi connectivity index (χ0n) is 6.88. The van der Waals surface area contributed by atoms with Crippen LogP contribution in [0.4, 0.5) is 0 Å². The van der Waals surface area contributed by atoms with Crippen LogP contribution in [0.2, 0.25) is 0 Å². The van der Waals surface area contributed by atoms with Crippen molar-refractivity contribution in [3.8, 4) is 5.88 Å². The SMILES string of the molecule is COc1nn(CO)c2nncnc12. The standard InChI is InChI=1S/C6H7N5O2/c1-13-6-4-5(9-8-2-7-4)11(3-12)10-6/h2,12H,3H2,1H3. The van der Waals surface area contributed by atoms with E-state index in [1.807, 2.05) is 0 Å². The quantitative estimate of drug-likeness (QED) is 0.651. The Labute approximate surface area is 73.0 Å². The molecule has 7 nitrogen and oxygen atoms in total. The molecule has 2 aromatic heterocycles. The molecule has 0 aliphatic rings. The van der Waals surface area contributed by atoms with Crippen molar-refractivity contribution in [3.05, 3.63) is 6.33 Å². The monoisotopic (exact) mass is 181 g/mol. The summed E-state index contributed by atoms with van der Waals surface area (Å²) in [6.45, 7) is -0.278. The van der Waals surface area contributed by atoms with Crippen molar-refractivity contribution in [2.24, 2.45) is 0 Å². The summed E-state index contributed by atoms with van der Waals surface area (Å²) in [6, 6.07) is 0. The molecule has 2 aromatic rings. The molecule has 0 saturated heterocycles. The first kappa shape index (κ1) is 7.87. The molecule has 0 aromatic carbocycles. The lowest BCUT2D eigenvalue weighted by atomic mass is 10.5. The molecule has 0 spiro atoms. The van der Waals surface area contributed by atoms with Gasteiger partial charge in [0, 0.05) is 0 Å². The molecular formula is C6H7N5O2. The van der Waals surface area contributed by atoms with E-state index in [0.29, 0.717) is 17.0 Å². The van der Waals surface area contributed by atoms with Gasteiger partial charge in [-0.05, 0) is 0 Å². The summed E-state index contributed by atoms with van der Waals surface area (Å²) < 4.78 is 6.19. The van der Waals surface area contributed by atoms with E-state index in [-0.39, 0.29) is 6.73 Å². The van der Waals surface area contributed by atoms with Crippen molar-refractivity contribution in [1.29, 1.82) is 0 Å². The molecule has 0 atom stereocenters. The maximum Gasteiger partial charge on any atom is 0.261 e. The minimum atomic E-state index is -0.278. The van der Waals surface area contributed by atoms with Crippen LogP contribution in [0.3, 0.4) is 0 Å². The van der Waals surface area contributed by atoms with Crippen molar-refractivity contribution >= 4 is 11.2 Å². The molecule has 7 heteroatoms. The second-order valence-electron chi connectivity index (χ2n) is 2.28. The maximum atomic E-state index is 8.89. The number of nitrogens with zero attached hydrogens (tertiary/aromatic N) is 5. The second-order valence-corrected chi connectivity index (χ2v) is 2.28. The molecule has 1 N–H and O–H groups in total. The third-order valence-electron chi connectivity index (χ3n) is 1.59. The number of aliphatic hydroxyl groups is 1. The van der Waals surface area contributed by atoms with Crippen LogP contribution in [-0.4, -0.2) is 37.2 Å². The highest BCUT2D eigenvalue weighted by Gasteiger charge is 2.12. The van der Waals surface area contributed by atoms with E-state index in [1.165, 1.54) is 18.1 Å². The van der Waals surface area contributed by atoms with Gasteiger partial charge in [-0.25, -0.2) is 9.67 Å². The summed E-state index contributed by atoms with van der Waals surface area (Å²) >= 11 is 0. The van der Waals surface area contributed by atoms with Crippen LogP contribution in [0.15, 0.2) is 6.33 Å². The molecule has 0 unspecified atom stereocenters. The van der Waals surface area contributed by atoms with Crippen LogP contribution in [0, 0.1) is 0 Å². The van der Waals surface area contributed by atoms with Crippen LogP contribution in [-0.2, 0) is 6.73 Å². The van der Waals surface area contributed by atoms with E-state index in [9.17, 15) is 0 Å². The van der Waals surface area contributed by atoms with Gasteiger partial charge in [-0.3, -0.25) is 0 Å². The molecule has 0 amide bonds. The van der Waals surface area contributed by atoms with E-state index in [0.717, 1.165) is 0 Å². The highest BCUT2D eigenvalue weighted by Crippen LogP contribution is 2.18. The molecule has 2 heterocycles. The Bertz CT molecular complexity index is 388. The summed E-state index contributed by atoms with van der Waals surface area (Å²) in [6.07, 6.45) is 1.30. The predicted octanol–water partition coefficient (Wildman–Crippen LogP) is -0.820. The van der Waals surface area contributed by atoms with Crippen LogP contribution in [0.5, 0.6) is 5.88 Å². The summed E-state index contributed by atoms with van der Waals surface area (Å²) in [5.74, 6) is 0.332. The molecule has 0 aliphatic carbocycles. The van der Waals surface area contributed by atoms with E-state index in [2.05, 4.69) is 20.3 Å². The fraction of sp³-hybridized carbons (Fsp3) is 0.333. The molecular weight excluding hydrogens is 174 g/mol. The third kappa shape index (κ3) is 1.09. The highest BCUT2D eigenvalue weighted by molar-refractivity contribution is 5.75. The van der Waals surface area contributed by atoms with Crippen molar-refractivity contribution in [2.45, 2.75) is 6.73 Å². The first-order valence-corrected chi connectivity index (χ1v) is 3.56. The van der Waals surface area contributed by atoms with Crippen molar-refractivity contribution < 1.29 is 9.84 Å². The first-order valence-electron chi connectivity index (χ1n) is 3.56. The average molecular weight is 181 g/mol. The molecule has 0 radical (unpaired) electrons. The fourth-order valence-corrected chi connectivity index (χ4v) is 1.03. The van der Waals surface area contributed by atoms with Crippen molar-refractivity contribution in [2.75, 3.05) is 7.11 Å². The maximum absolute atomic E-state index is 8.89. The smallest absolute Gasteiger partial charge is 0.261 e. The number of aliphatic hydroxyl groups excluding tert-OH is 1. The van der Waals surface area contributed by atoms with Gasteiger partial charge in [0.05, 0.1) is 7.11 Å². The van der Waals surface area contributed by atoms with Crippen LogP contribution < -0.4 is 4.74 Å². The lowest BCUT2D eigenvalue weighted by molar-refractivity contribution is 0.196. The second kappa shape index (κ2) is 2.94. The lowest BCUT2D eigenvalue weighted by Gasteiger charge is -1.91. The Morgan fingerprint density at radius 3 is 3.15 bits per heavy atom. The number of ether oxygens (including phenoxy) is 1. The molecule has 13 heavy (non-hydrogen) atoms. The number of hydrogen-bond donors (Lipinski definition) is 1. The molecule has 0 saturated carbocycles. The third-order valence-corrected chi connectivity index (χ3v) is 1.59. The molecule has 2 rings (SSSR count). The number of fused-ring (bicyclic) bond motifs is 1. The minimum absolute atomic E-state index is 0.278. The largest absolute Gasteiger partial charge is 0.478 e. The summed E-state index contributed by atoms with van der Waals surface area (Å²) in [5, 5.41) is 20.1. The minimum Gasteiger partial charge on any atom is -0.478 e. The highest BCUT2D eigenvalue weighted by atomic mass is 16.5. The van der Waals surface area contributed by atoms with Crippen molar-refractivity contribution in [1.82, 2.24) is 25.0 Å². The number of methoxy groups -OCH3 is 1. The van der Waals surface area contributed by atoms with E-state index < -0.39 is 0 Å². The van der Waals surface area contributed by atoms with Gasteiger partial charge in [-0.2, -0.15) is 0 Å². The Morgan fingerprint density at radius 2 is 2.46 bits per heavy atom. The Kier molecular flexibility index (Phi) is 1.78. The summed E-state index contributed by atoms with van der Waals surface area (Å²) in [7, 11) is 1.48. The Balaban J connectivity index is 2.74. The van der Waals surface area contributed by atoms with E-state index >= 15 is 0 Å². The summed E-state index contributed by atoms with van der Waals surface area (Å²) in [5.41, 5.74) is 0.897. The van der Waals surface area contributed by atoms with Gasteiger partial charge in [0.1, 0.15) is 13.1 Å². The van der Waals surface area contributed by atoms with Gasteiger partial charge in [0.15, 0.2) is 5.52 Å². The van der Waals surface area contributed by atoms with Crippen molar-refractivity contribution in [3.63, 3.8) is 0 Å².